The van der Waals surface area contributed by atoms with E-state index in [1.54, 1.807) is 0 Å². The van der Waals surface area contributed by atoms with Gasteiger partial charge >= 0.3 is 0 Å². The molecule has 25 heavy (non-hydrogen) atoms. The summed E-state index contributed by atoms with van der Waals surface area (Å²) in [7, 11) is 8.32. The lowest BCUT2D eigenvalue weighted by molar-refractivity contribution is 0.178. The van der Waals surface area contributed by atoms with Crippen molar-refractivity contribution in [3.05, 3.63) is 0 Å². The van der Waals surface area contributed by atoms with E-state index in [2.05, 4.69) is 27.7 Å². The summed E-state index contributed by atoms with van der Waals surface area (Å²) < 4.78 is 11.7. The molecular formula is C18H42O2S3Si2. The maximum Gasteiger partial charge on any atom is 0.0728 e. The molecule has 0 rings (SSSR count). The van der Waals surface area contributed by atoms with Crippen molar-refractivity contribution in [2.24, 2.45) is 0 Å². The monoisotopic (exact) mass is 442 g/mol. The molecule has 0 aliphatic rings. The highest BCUT2D eigenvalue weighted by atomic mass is 33.5. The highest BCUT2D eigenvalue weighted by Crippen LogP contribution is 2.37. The third kappa shape index (κ3) is 12.5. The van der Waals surface area contributed by atoms with Crippen LogP contribution in [0.3, 0.4) is 0 Å². The second-order valence-corrected chi connectivity index (χ2v) is 18.0. The molecule has 0 aromatic carbocycles. The fourth-order valence-corrected chi connectivity index (χ4v) is 16.6. The second-order valence-electron chi connectivity index (χ2n) is 6.86. The van der Waals surface area contributed by atoms with Crippen molar-refractivity contribution >= 4 is 49.0 Å². The number of hydrogen-bond acceptors (Lipinski definition) is 5. The summed E-state index contributed by atoms with van der Waals surface area (Å²) >= 11 is 0. The lowest BCUT2D eigenvalue weighted by Crippen LogP contribution is -2.34. The van der Waals surface area contributed by atoms with Crippen LogP contribution < -0.4 is 0 Å². The van der Waals surface area contributed by atoms with Gasteiger partial charge in [-0.15, -0.1) is 0 Å². The largest absolute Gasteiger partial charge is 0.384 e. The van der Waals surface area contributed by atoms with Crippen LogP contribution in [0.4, 0.5) is 0 Å². The van der Waals surface area contributed by atoms with Gasteiger partial charge in [-0.3, -0.25) is 0 Å². The van der Waals surface area contributed by atoms with Gasteiger partial charge in [0, 0.05) is 25.7 Å². The number of ether oxygens (including phenoxy) is 2. The minimum absolute atomic E-state index is 0.540. The van der Waals surface area contributed by atoms with Gasteiger partial charge in [0.05, 0.1) is 29.0 Å². The van der Waals surface area contributed by atoms with Crippen molar-refractivity contribution < 1.29 is 9.47 Å². The van der Waals surface area contributed by atoms with Crippen LogP contribution in [-0.4, -0.2) is 54.8 Å². The van der Waals surface area contributed by atoms with Crippen LogP contribution in [0.15, 0.2) is 0 Å². The molecule has 0 N–H and O–H groups in total. The average Bonchev–Trinajstić information content (AvgIpc) is 2.61. The summed E-state index contributed by atoms with van der Waals surface area (Å²) in [6.45, 7) is 9.27. The highest BCUT2D eigenvalue weighted by molar-refractivity contribution is 9.09. The molecule has 0 amide bonds. The van der Waals surface area contributed by atoms with E-state index < -0.39 is 17.6 Å². The Labute approximate surface area is 172 Å². The first-order valence-electron chi connectivity index (χ1n) is 10.1. The Bertz CT molecular complexity index is 251. The number of rotatable bonds is 18. The molecule has 7 heteroatoms. The van der Waals surface area contributed by atoms with E-state index in [4.69, 9.17) is 9.47 Å². The maximum absolute atomic E-state index is 5.87. The molecule has 0 fully saturated rings. The molecular weight excluding hydrogens is 401 g/mol. The van der Waals surface area contributed by atoms with Gasteiger partial charge in [-0.1, -0.05) is 99.1 Å². The Morgan fingerprint density at radius 3 is 1.20 bits per heavy atom. The SMILES string of the molecule is CCC[SiH](CCC)C(CSSSCC(OC)[SiH](CCC)CCC)OC. The molecule has 0 saturated heterocycles. The van der Waals surface area contributed by atoms with Gasteiger partial charge in [-0.25, -0.2) is 0 Å². The second kappa shape index (κ2) is 18.8. The summed E-state index contributed by atoms with van der Waals surface area (Å²) in [4.78, 5) is 0. The molecule has 0 aliphatic heterocycles. The summed E-state index contributed by atoms with van der Waals surface area (Å²) in [6, 6.07) is 5.71. The molecule has 0 spiro atoms. The van der Waals surface area contributed by atoms with Crippen molar-refractivity contribution in [1.29, 1.82) is 0 Å². The lowest BCUT2D eigenvalue weighted by atomic mass is 10.6. The van der Waals surface area contributed by atoms with Gasteiger partial charge in [-0.05, 0) is 9.83 Å². The van der Waals surface area contributed by atoms with Gasteiger partial charge in [0.25, 0.3) is 0 Å². The minimum atomic E-state index is -0.745. The Morgan fingerprint density at radius 2 is 0.960 bits per heavy atom. The molecule has 0 saturated carbocycles. The molecule has 0 radical (unpaired) electrons. The fourth-order valence-electron chi connectivity index (χ4n) is 3.53. The third-order valence-electron chi connectivity index (χ3n) is 4.86. The normalized spacial score (nSPS) is 14.4. The van der Waals surface area contributed by atoms with E-state index in [9.17, 15) is 0 Å². The van der Waals surface area contributed by atoms with E-state index in [0.29, 0.717) is 11.5 Å². The Hall–Kier alpha value is 1.40. The molecule has 152 valence electrons. The first kappa shape index (κ1) is 26.4. The molecule has 0 bridgehead atoms. The minimum Gasteiger partial charge on any atom is -0.384 e. The van der Waals surface area contributed by atoms with Crippen molar-refractivity contribution in [3.63, 3.8) is 0 Å². The summed E-state index contributed by atoms with van der Waals surface area (Å²) in [6.07, 6.45) is 5.28. The Balaban J connectivity index is 4.17. The van der Waals surface area contributed by atoms with Gasteiger partial charge in [0.1, 0.15) is 0 Å². The molecule has 2 atom stereocenters. The van der Waals surface area contributed by atoms with E-state index >= 15 is 0 Å². The molecule has 0 aromatic heterocycles. The van der Waals surface area contributed by atoms with E-state index in [1.807, 2.05) is 45.6 Å². The zero-order valence-electron chi connectivity index (χ0n) is 17.4. The summed E-state index contributed by atoms with van der Waals surface area (Å²) in [5, 5.41) is 0. The summed E-state index contributed by atoms with van der Waals surface area (Å²) in [5.41, 5.74) is 1.08. The van der Waals surface area contributed by atoms with Crippen LogP contribution in [0.1, 0.15) is 53.4 Å². The van der Waals surface area contributed by atoms with E-state index in [1.165, 1.54) is 49.9 Å². The molecule has 0 aliphatic carbocycles. The lowest BCUT2D eigenvalue weighted by Gasteiger charge is -2.25. The fraction of sp³-hybridized carbons (Fsp3) is 1.00. The van der Waals surface area contributed by atoms with Crippen molar-refractivity contribution in [1.82, 2.24) is 0 Å². The van der Waals surface area contributed by atoms with E-state index in [-0.39, 0.29) is 0 Å². The topological polar surface area (TPSA) is 18.5 Å². The third-order valence-corrected chi connectivity index (χ3v) is 18.2. The van der Waals surface area contributed by atoms with Gasteiger partial charge < -0.3 is 9.47 Å². The van der Waals surface area contributed by atoms with Crippen LogP contribution in [-0.2, 0) is 9.47 Å². The van der Waals surface area contributed by atoms with Crippen molar-refractivity contribution in [3.8, 4) is 0 Å². The first-order chi connectivity index (χ1) is 12.2. The molecule has 0 aromatic rings. The predicted octanol–water partition coefficient (Wildman–Crippen LogP) is 6.22. The average molecular weight is 443 g/mol. The van der Waals surface area contributed by atoms with Crippen LogP contribution in [0, 0.1) is 0 Å². The number of methoxy groups -OCH3 is 2. The zero-order valence-corrected chi connectivity index (χ0v) is 22.2. The molecule has 2 unspecified atom stereocenters. The Morgan fingerprint density at radius 1 is 0.640 bits per heavy atom. The van der Waals surface area contributed by atoms with E-state index in [0.717, 1.165) is 11.5 Å². The standard InChI is InChI=1S/C18H42O2S3Si2/c1-7-11-24(12-8-2)17(19-5)15-21-23-22-16-18(20-6)25(13-9-3)14-10-4/h17-18,24-25H,7-16H2,1-6H3. The predicted molar refractivity (Wildman–Crippen MR) is 129 cm³/mol. The quantitative estimate of drug-likeness (QED) is 0.142. The van der Waals surface area contributed by atoms with Crippen molar-refractivity contribution in [2.75, 3.05) is 25.7 Å². The smallest absolute Gasteiger partial charge is 0.0728 e. The van der Waals surface area contributed by atoms with Crippen LogP contribution in [0.5, 0.6) is 0 Å². The van der Waals surface area contributed by atoms with Gasteiger partial charge in [-0.2, -0.15) is 0 Å². The summed E-state index contributed by atoms with van der Waals surface area (Å²) in [5.74, 6) is 2.32. The maximum atomic E-state index is 5.87. The molecule has 2 nitrogen and oxygen atoms in total. The highest BCUT2D eigenvalue weighted by Gasteiger charge is 2.23. The van der Waals surface area contributed by atoms with Gasteiger partial charge in [0.15, 0.2) is 0 Å². The molecule has 0 heterocycles. The first-order valence-corrected chi connectivity index (χ1v) is 18.6. The van der Waals surface area contributed by atoms with Gasteiger partial charge in [0.2, 0.25) is 0 Å². The van der Waals surface area contributed by atoms with Crippen LogP contribution in [0.2, 0.25) is 24.2 Å². The van der Waals surface area contributed by atoms with Crippen LogP contribution in [0.25, 0.3) is 0 Å². The Kier molecular flexibility index (Phi) is 19.8. The van der Waals surface area contributed by atoms with Crippen molar-refractivity contribution in [2.45, 2.75) is 89.0 Å². The van der Waals surface area contributed by atoms with Crippen LogP contribution >= 0.6 is 31.4 Å². The number of hydrogen-bond donors (Lipinski definition) is 0. The zero-order chi connectivity index (χ0) is 18.9.